The Kier molecular flexibility index (Phi) is 4.31. The minimum absolute atomic E-state index is 0.146. The summed E-state index contributed by atoms with van der Waals surface area (Å²) in [5.41, 5.74) is 1.53. The van der Waals surface area contributed by atoms with Gasteiger partial charge in [-0.05, 0) is 26.0 Å². The van der Waals surface area contributed by atoms with Crippen LogP contribution in [0.5, 0.6) is 5.75 Å². The number of hydrogen-bond donors (Lipinski definition) is 1. The quantitative estimate of drug-likeness (QED) is 0.741. The van der Waals surface area contributed by atoms with Crippen LogP contribution in [0, 0.1) is 0 Å². The Labute approximate surface area is 156 Å². The van der Waals surface area contributed by atoms with E-state index < -0.39 is 0 Å². The fourth-order valence-corrected chi connectivity index (χ4v) is 3.01. The van der Waals surface area contributed by atoms with Gasteiger partial charge in [-0.2, -0.15) is 4.98 Å². The normalized spacial score (nSPS) is 14.4. The van der Waals surface area contributed by atoms with Crippen LogP contribution in [0.4, 0.5) is 5.69 Å². The van der Waals surface area contributed by atoms with Gasteiger partial charge in [0.1, 0.15) is 11.4 Å². The standard InChI is InChI=1S/C19H19N5O3/c1-19(2)11-12-5-3-6-13(16(12)26-19)22-14(25)7-8-15-23-18(24-27-15)17-20-9-4-10-21-17/h3-6,9-10H,7-8,11H2,1-2H3,(H,22,25). The smallest absolute Gasteiger partial charge is 0.240 e. The number of carbonyl (C=O) groups is 1. The van der Waals surface area contributed by atoms with E-state index in [9.17, 15) is 4.79 Å². The van der Waals surface area contributed by atoms with Crippen molar-refractivity contribution in [2.45, 2.75) is 38.7 Å². The summed E-state index contributed by atoms with van der Waals surface area (Å²) < 4.78 is 11.1. The van der Waals surface area contributed by atoms with Crippen molar-refractivity contribution in [3.05, 3.63) is 48.1 Å². The van der Waals surface area contributed by atoms with Crippen LogP contribution in [0.3, 0.4) is 0 Å². The fourth-order valence-electron chi connectivity index (χ4n) is 3.01. The number of ether oxygens (including phenoxy) is 1. The predicted octanol–water partition coefficient (Wildman–Crippen LogP) is 2.81. The van der Waals surface area contributed by atoms with Gasteiger partial charge in [0.25, 0.3) is 0 Å². The zero-order chi connectivity index (χ0) is 18.9. The molecule has 3 heterocycles. The van der Waals surface area contributed by atoms with Gasteiger partial charge in [0, 0.05) is 37.2 Å². The van der Waals surface area contributed by atoms with Crippen molar-refractivity contribution >= 4 is 11.6 Å². The molecule has 1 aliphatic heterocycles. The topological polar surface area (TPSA) is 103 Å². The van der Waals surface area contributed by atoms with Crippen molar-refractivity contribution in [1.82, 2.24) is 20.1 Å². The SMILES string of the molecule is CC1(C)Cc2cccc(NC(=O)CCc3nc(-c4ncccn4)no3)c2O1. The number of aryl methyl sites for hydroxylation is 1. The molecule has 2 aromatic heterocycles. The first-order chi connectivity index (χ1) is 13.0. The molecule has 138 valence electrons. The van der Waals surface area contributed by atoms with Crippen LogP contribution >= 0.6 is 0 Å². The first-order valence-electron chi connectivity index (χ1n) is 8.71. The highest BCUT2D eigenvalue weighted by Crippen LogP contribution is 2.40. The molecule has 0 radical (unpaired) electrons. The van der Waals surface area contributed by atoms with Crippen molar-refractivity contribution in [1.29, 1.82) is 0 Å². The number of anilines is 1. The maximum absolute atomic E-state index is 12.3. The molecule has 1 amide bonds. The van der Waals surface area contributed by atoms with Gasteiger partial charge in [-0.3, -0.25) is 4.79 Å². The number of aromatic nitrogens is 4. The van der Waals surface area contributed by atoms with Gasteiger partial charge >= 0.3 is 0 Å². The summed E-state index contributed by atoms with van der Waals surface area (Å²) in [7, 11) is 0. The minimum atomic E-state index is -0.261. The van der Waals surface area contributed by atoms with E-state index in [1.165, 1.54) is 0 Å². The van der Waals surface area contributed by atoms with Gasteiger partial charge in [0.15, 0.2) is 0 Å². The Morgan fingerprint density at radius 3 is 2.81 bits per heavy atom. The van der Waals surface area contributed by atoms with E-state index >= 15 is 0 Å². The van der Waals surface area contributed by atoms with Crippen molar-refractivity contribution in [3.63, 3.8) is 0 Å². The van der Waals surface area contributed by atoms with Gasteiger partial charge in [-0.15, -0.1) is 0 Å². The second kappa shape index (κ2) is 6.79. The average molecular weight is 365 g/mol. The molecule has 0 saturated carbocycles. The first-order valence-corrected chi connectivity index (χ1v) is 8.71. The minimum Gasteiger partial charge on any atom is -0.485 e. The molecule has 0 saturated heterocycles. The molecule has 4 rings (SSSR count). The Balaban J connectivity index is 1.38. The molecule has 8 heteroatoms. The molecular weight excluding hydrogens is 346 g/mol. The van der Waals surface area contributed by atoms with E-state index in [1.54, 1.807) is 18.5 Å². The van der Waals surface area contributed by atoms with Crippen molar-refractivity contribution in [3.8, 4) is 17.4 Å². The number of nitrogens with zero attached hydrogens (tertiary/aromatic N) is 4. The molecule has 0 bridgehead atoms. The number of benzene rings is 1. The van der Waals surface area contributed by atoms with E-state index in [2.05, 4.69) is 25.4 Å². The Morgan fingerprint density at radius 2 is 2.00 bits per heavy atom. The summed E-state index contributed by atoms with van der Waals surface area (Å²) >= 11 is 0. The maximum atomic E-state index is 12.3. The summed E-state index contributed by atoms with van der Waals surface area (Å²) in [6.07, 6.45) is 4.57. The van der Waals surface area contributed by atoms with Gasteiger partial charge < -0.3 is 14.6 Å². The molecule has 8 nitrogen and oxygen atoms in total. The summed E-state index contributed by atoms with van der Waals surface area (Å²) in [6, 6.07) is 7.49. The number of carbonyl (C=O) groups excluding carboxylic acids is 1. The largest absolute Gasteiger partial charge is 0.485 e. The highest BCUT2D eigenvalue weighted by molar-refractivity contribution is 5.92. The van der Waals surface area contributed by atoms with E-state index in [1.807, 2.05) is 32.0 Å². The number of hydrogen-bond acceptors (Lipinski definition) is 7. The summed E-state index contributed by atoms with van der Waals surface area (Å²) in [6.45, 7) is 4.06. The Hall–Kier alpha value is -3.29. The highest BCUT2D eigenvalue weighted by Gasteiger charge is 2.31. The van der Waals surface area contributed by atoms with Gasteiger partial charge in [-0.25, -0.2) is 9.97 Å². The van der Waals surface area contributed by atoms with Gasteiger partial charge in [0.2, 0.25) is 23.4 Å². The lowest BCUT2D eigenvalue weighted by molar-refractivity contribution is -0.116. The molecule has 0 fully saturated rings. The van der Waals surface area contributed by atoms with E-state index in [0.29, 0.717) is 29.6 Å². The molecular formula is C19H19N5O3. The molecule has 1 aliphatic rings. The average Bonchev–Trinajstić information content (AvgIpc) is 3.24. The second-order valence-electron chi connectivity index (χ2n) is 6.96. The van der Waals surface area contributed by atoms with Crippen molar-refractivity contribution in [2.24, 2.45) is 0 Å². The summed E-state index contributed by atoms with van der Waals surface area (Å²) in [5.74, 6) is 1.66. The molecule has 1 aromatic carbocycles. The molecule has 27 heavy (non-hydrogen) atoms. The molecule has 0 atom stereocenters. The third kappa shape index (κ3) is 3.79. The van der Waals surface area contributed by atoms with Gasteiger partial charge in [0.05, 0.1) is 5.69 Å². The molecule has 3 aromatic rings. The van der Waals surface area contributed by atoms with Gasteiger partial charge in [-0.1, -0.05) is 17.3 Å². The summed E-state index contributed by atoms with van der Waals surface area (Å²) in [4.78, 5) is 24.7. The monoisotopic (exact) mass is 365 g/mol. The number of amides is 1. The lowest BCUT2D eigenvalue weighted by Gasteiger charge is -2.18. The highest BCUT2D eigenvalue weighted by atomic mass is 16.5. The van der Waals surface area contributed by atoms with Crippen LogP contribution < -0.4 is 10.1 Å². The van der Waals surface area contributed by atoms with Crippen LogP contribution in [0.15, 0.2) is 41.2 Å². The van der Waals surface area contributed by atoms with E-state index in [0.717, 1.165) is 17.7 Å². The molecule has 0 unspecified atom stereocenters. The third-order valence-corrected chi connectivity index (χ3v) is 4.16. The van der Waals surface area contributed by atoms with Crippen LogP contribution in [0.25, 0.3) is 11.6 Å². The van der Waals surface area contributed by atoms with Crippen LogP contribution in [-0.2, 0) is 17.6 Å². The number of para-hydroxylation sites is 1. The lowest BCUT2D eigenvalue weighted by atomic mass is 10.0. The molecule has 0 aliphatic carbocycles. The number of fused-ring (bicyclic) bond motifs is 1. The van der Waals surface area contributed by atoms with Crippen LogP contribution in [0.1, 0.15) is 31.7 Å². The maximum Gasteiger partial charge on any atom is 0.240 e. The molecule has 1 N–H and O–H groups in total. The lowest BCUT2D eigenvalue weighted by Crippen LogP contribution is -2.25. The van der Waals surface area contributed by atoms with Crippen molar-refractivity contribution < 1.29 is 14.1 Å². The fraction of sp³-hybridized carbons (Fsp3) is 0.316. The Morgan fingerprint density at radius 1 is 1.19 bits per heavy atom. The number of nitrogens with one attached hydrogen (secondary N) is 1. The summed E-state index contributed by atoms with van der Waals surface area (Å²) in [5, 5.41) is 6.76. The van der Waals surface area contributed by atoms with E-state index in [-0.39, 0.29) is 17.9 Å². The zero-order valence-electron chi connectivity index (χ0n) is 15.1. The second-order valence-corrected chi connectivity index (χ2v) is 6.96. The zero-order valence-corrected chi connectivity index (χ0v) is 15.1. The Bertz CT molecular complexity index is 968. The molecule has 0 spiro atoms. The number of rotatable bonds is 5. The third-order valence-electron chi connectivity index (χ3n) is 4.16. The van der Waals surface area contributed by atoms with Crippen LogP contribution in [0.2, 0.25) is 0 Å². The first kappa shape index (κ1) is 17.1. The predicted molar refractivity (Wildman–Crippen MR) is 97.1 cm³/mol. The van der Waals surface area contributed by atoms with Crippen LogP contribution in [-0.4, -0.2) is 31.6 Å². The van der Waals surface area contributed by atoms with Crippen molar-refractivity contribution in [2.75, 3.05) is 5.32 Å². The van der Waals surface area contributed by atoms with E-state index in [4.69, 9.17) is 9.26 Å².